The monoisotopic (exact) mass is 296 g/mol. The Balaban J connectivity index is 1.57. The molecular formula is C18H24N4. The number of benzene rings is 2. The van der Waals surface area contributed by atoms with Gasteiger partial charge in [-0.25, -0.2) is 0 Å². The fourth-order valence-corrected chi connectivity index (χ4v) is 2.76. The standard InChI is InChI=1S/C18H24N4/c1-21-9-11-22(12-10-21)18-7-5-17(6-8-18)20-14-15-3-2-4-16(19)13-15/h2-8,13,20H,9-12,14,19H2,1H3. The molecule has 1 aliphatic heterocycles. The minimum absolute atomic E-state index is 0.791. The summed E-state index contributed by atoms with van der Waals surface area (Å²) in [7, 11) is 2.18. The van der Waals surface area contributed by atoms with E-state index in [2.05, 4.69) is 52.5 Å². The van der Waals surface area contributed by atoms with E-state index < -0.39 is 0 Å². The highest BCUT2D eigenvalue weighted by Crippen LogP contribution is 2.20. The minimum atomic E-state index is 0.791. The molecule has 116 valence electrons. The molecule has 0 aliphatic carbocycles. The van der Waals surface area contributed by atoms with Gasteiger partial charge < -0.3 is 20.9 Å². The first-order chi connectivity index (χ1) is 10.7. The molecule has 0 bridgehead atoms. The molecule has 0 radical (unpaired) electrons. The Kier molecular flexibility index (Phi) is 4.49. The molecule has 3 rings (SSSR count). The van der Waals surface area contributed by atoms with E-state index >= 15 is 0 Å². The second kappa shape index (κ2) is 6.71. The van der Waals surface area contributed by atoms with E-state index in [1.165, 1.54) is 11.3 Å². The summed E-state index contributed by atoms with van der Waals surface area (Å²) in [6, 6.07) is 16.7. The zero-order valence-corrected chi connectivity index (χ0v) is 13.1. The molecular weight excluding hydrogens is 272 g/mol. The van der Waals surface area contributed by atoms with Crippen molar-refractivity contribution in [1.29, 1.82) is 0 Å². The molecule has 1 saturated heterocycles. The zero-order valence-electron chi connectivity index (χ0n) is 13.1. The molecule has 1 heterocycles. The first kappa shape index (κ1) is 14.7. The molecule has 0 aromatic heterocycles. The fourth-order valence-electron chi connectivity index (χ4n) is 2.76. The number of hydrogen-bond donors (Lipinski definition) is 2. The van der Waals surface area contributed by atoms with Crippen molar-refractivity contribution in [3.63, 3.8) is 0 Å². The number of rotatable bonds is 4. The van der Waals surface area contributed by atoms with Crippen LogP contribution in [0.25, 0.3) is 0 Å². The third-order valence-corrected chi connectivity index (χ3v) is 4.18. The van der Waals surface area contributed by atoms with Gasteiger partial charge in [-0.15, -0.1) is 0 Å². The molecule has 4 heteroatoms. The summed E-state index contributed by atoms with van der Waals surface area (Å²) in [6.45, 7) is 5.27. The Morgan fingerprint density at radius 3 is 2.41 bits per heavy atom. The first-order valence-electron chi connectivity index (χ1n) is 7.82. The van der Waals surface area contributed by atoms with Gasteiger partial charge in [0.2, 0.25) is 0 Å². The Morgan fingerprint density at radius 1 is 1.00 bits per heavy atom. The van der Waals surface area contributed by atoms with Crippen LogP contribution in [-0.2, 0) is 6.54 Å². The number of piperazine rings is 1. The van der Waals surface area contributed by atoms with Crippen LogP contribution in [0.15, 0.2) is 48.5 Å². The van der Waals surface area contributed by atoms with Gasteiger partial charge in [0.1, 0.15) is 0 Å². The summed E-state index contributed by atoms with van der Waals surface area (Å²) in [5.74, 6) is 0. The lowest BCUT2D eigenvalue weighted by Gasteiger charge is -2.34. The molecule has 1 fully saturated rings. The van der Waals surface area contributed by atoms with E-state index in [1.807, 2.05) is 18.2 Å². The highest BCUT2D eigenvalue weighted by Gasteiger charge is 2.13. The van der Waals surface area contributed by atoms with Crippen LogP contribution in [0.1, 0.15) is 5.56 Å². The van der Waals surface area contributed by atoms with E-state index in [0.29, 0.717) is 0 Å². The van der Waals surface area contributed by atoms with Crippen LogP contribution in [0.2, 0.25) is 0 Å². The van der Waals surface area contributed by atoms with Crippen LogP contribution < -0.4 is 16.0 Å². The molecule has 2 aromatic carbocycles. The molecule has 3 N–H and O–H groups in total. The van der Waals surface area contributed by atoms with Gasteiger partial charge >= 0.3 is 0 Å². The average molecular weight is 296 g/mol. The van der Waals surface area contributed by atoms with E-state index in [-0.39, 0.29) is 0 Å². The van der Waals surface area contributed by atoms with Gasteiger partial charge in [-0.2, -0.15) is 0 Å². The van der Waals surface area contributed by atoms with Crippen LogP contribution in [-0.4, -0.2) is 38.1 Å². The SMILES string of the molecule is CN1CCN(c2ccc(NCc3cccc(N)c3)cc2)CC1. The Labute approximate surface area is 132 Å². The topological polar surface area (TPSA) is 44.5 Å². The molecule has 4 nitrogen and oxygen atoms in total. The molecule has 0 atom stereocenters. The summed E-state index contributed by atoms with van der Waals surface area (Å²) in [5, 5.41) is 3.44. The molecule has 0 amide bonds. The van der Waals surface area contributed by atoms with E-state index in [0.717, 1.165) is 44.1 Å². The van der Waals surface area contributed by atoms with Crippen molar-refractivity contribution in [3.8, 4) is 0 Å². The predicted octanol–water partition coefficient (Wildman–Crippen LogP) is 2.63. The highest BCUT2D eigenvalue weighted by atomic mass is 15.2. The summed E-state index contributed by atoms with van der Waals surface area (Å²) >= 11 is 0. The summed E-state index contributed by atoms with van der Waals surface area (Å²) in [6.07, 6.45) is 0. The Morgan fingerprint density at radius 2 is 1.73 bits per heavy atom. The number of likely N-dealkylation sites (N-methyl/N-ethyl adjacent to an activating group) is 1. The minimum Gasteiger partial charge on any atom is -0.399 e. The van der Waals surface area contributed by atoms with Crippen LogP contribution >= 0.6 is 0 Å². The van der Waals surface area contributed by atoms with Gasteiger partial charge in [0.05, 0.1) is 0 Å². The van der Waals surface area contributed by atoms with Gasteiger partial charge in [-0.3, -0.25) is 0 Å². The lowest BCUT2D eigenvalue weighted by Crippen LogP contribution is -2.44. The van der Waals surface area contributed by atoms with Crippen LogP contribution in [0.4, 0.5) is 17.1 Å². The van der Waals surface area contributed by atoms with Crippen LogP contribution in [0.5, 0.6) is 0 Å². The Bertz CT molecular complexity index is 601. The van der Waals surface area contributed by atoms with Gasteiger partial charge in [0.15, 0.2) is 0 Å². The van der Waals surface area contributed by atoms with Gasteiger partial charge in [0, 0.05) is 49.8 Å². The maximum absolute atomic E-state index is 5.80. The normalized spacial score (nSPS) is 15.8. The average Bonchev–Trinajstić information content (AvgIpc) is 2.54. The maximum Gasteiger partial charge on any atom is 0.0401 e. The van der Waals surface area contributed by atoms with E-state index in [1.54, 1.807) is 0 Å². The summed E-state index contributed by atoms with van der Waals surface area (Å²) in [5.41, 5.74) is 10.3. The van der Waals surface area contributed by atoms with Crippen molar-refractivity contribution in [2.45, 2.75) is 6.54 Å². The molecule has 0 spiro atoms. The Hall–Kier alpha value is -2.20. The second-order valence-electron chi connectivity index (χ2n) is 5.94. The van der Waals surface area contributed by atoms with Crippen LogP contribution in [0, 0.1) is 0 Å². The number of nitrogens with zero attached hydrogens (tertiary/aromatic N) is 2. The van der Waals surface area contributed by atoms with E-state index in [9.17, 15) is 0 Å². The summed E-state index contributed by atoms with van der Waals surface area (Å²) < 4.78 is 0. The van der Waals surface area contributed by atoms with Crippen molar-refractivity contribution < 1.29 is 0 Å². The van der Waals surface area contributed by atoms with Gasteiger partial charge in [0.25, 0.3) is 0 Å². The van der Waals surface area contributed by atoms with Crippen molar-refractivity contribution in [2.24, 2.45) is 0 Å². The van der Waals surface area contributed by atoms with Gasteiger partial charge in [-0.1, -0.05) is 12.1 Å². The summed E-state index contributed by atoms with van der Waals surface area (Å²) in [4.78, 5) is 4.82. The van der Waals surface area contributed by atoms with Crippen molar-refractivity contribution in [2.75, 3.05) is 49.2 Å². The van der Waals surface area contributed by atoms with Crippen LogP contribution in [0.3, 0.4) is 0 Å². The number of hydrogen-bond acceptors (Lipinski definition) is 4. The molecule has 2 aromatic rings. The number of nitrogen functional groups attached to an aromatic ring is 1. The molecule has 0 unspecified atom stereocenters. The van der Waals surface area contributed by atoms with Crippen molar-refractivity contribution in [3.05, 3.63) is 54.1 Å². The van der Waals surface area contributed by atoms with Crippen molar-refractivity contribution >= 4 is 17.1 Å². The van der Waals surface area contributed by atoms with E-state index in [4.69, 9.17) is 5.73 Å². The maximum atomic E-state index is 5.80. The first-order valence-corrected chi connectivity index (χ1v) is 7.82. The lowest BCUT2D eigenvalue weighted by molar-refractivity contribution is 0.313. The smallest absolute Gasteiger partial charge is 0.0401 e. The molecule has 22 heavy (non-hydrogen) atoms. The molecule has 1 aliphatic rings. The second-order valence-corrected chi connectivity index (χ2v) is 5.94. The van der Waals surface area contributed by atoms with Gasteiger partial charge in [-0.05, 0) is 49.0 Å². The largest absolute Gasteiger partial charge is 0.399 e. The highest BCUT2D eigenvalue weighted by molar-refractivity contribution is 5.55. The predicted molar refractivity (Wildman–Crippen MR) is 94.3 cm³/mol. The number of nitrogens with one attached hydrogen (secondary N) is 1. The molecule has 0 saturated carbocycles. The van der Waals surface area contributed by atoms with Crippen molar-refractivity contribution in [1.82, 2.24) is 4.90 Å². The lowest BCUT2D eigenvalue weighted by atomic mass is 10.2. The third-order valence-electron chi connectivity index (χ3n) is 4.18. The quantitative estimate of drug-likeness (QED) is 0.851. The number of anilines is 3. The third kappa shape index (κ3) is 3.71. The fraction of sp³-hybridized carbons (Fsp3) is 0.333. The number of nitrogens with two attached hydrogens (primary N) is 1. The zero-order chi connectivity index (χ0) is 15.4.